The second kappa shape index (κ2) is 5.52. The Kier molecular flexibility index (Phi) is 3.79. The summed E-state index contributed by atoms with van der Waals surface area (Å²) >= 11 is 0. The molecule has 0 unspecified atom stereocenters. The molecule has 0 spiro atoms. The van der Waals surface area contributed by atoms with Crippen LogP contribution in [0.2, 0.25) is 0 Å². The van der Waals surface area contributed by atoms with Gasteiger partial charge >= 0.3 is 0 Å². The second-order valence-corrected chi connectivity index (χ2v) is 4.68. The van der Waals surface area contributed by atoms with Gasteiger partial charge < -0.3 is 21.5 Å². The van der Waals surface area contributed by atoms with E-state index in [2.05, 4.69) is 0 Å². The first-order valence-electron chi connectivity index (χ1n) is 6.16. The van der Waals surface area contributed by atoms with Crippen molar-refractivity contribution in [3.63, 3.8) is 0 Å². The van der Waals surface area contributed by atoms with Crippen molar-refractivity contribution >= 4 is 17.3 Å². The molecule has 0 saturated carbocycles. The number of aromatic hydroxyl groups is 1. The lowest BCUT2D eigenvalue weighted by molar-refractivity contribution is 0.0784. The molecule has 1 amide bonds. The minimum absolute atomic E-state index is 0.166. The van der Waals surface area contributed by atoms with Crippen molar-refractivity contribution < 1.29 is 9.90 Å². The van der Waals surface area contributed by atoms with Gasteiger partial charge in [-0.25, -0.2) is 0 Å². The maximum atomic E-state index is 12.3. The Hall–Kier alpha value is -2.69. The Morgan fingerprint density at radius 3 is 2.35 bits per heavy atom. The lowest BCUT2D eigenvalue weighted by Crippen LogP contribution is -2.26. The van der Waals surface area contributed by atoms with E-state index >= 15 is 0 Å². The Morgan fingerprint density at radius 1 is 1.15 bits per heavy atom. The van der Waals surface area contributed by atoms with Crippen LogP contribution in [0.3, 0.4) is 0 Å². The number of carbonyl (C=O) groups excluding carboxylic acids is 1. The molecule has 0 fully saturated rings. The van der Waals surface area contributed by atoms with Crippen molar-refractivity contribution in [3.05, 3.63) is 53.6 Å². The predicted octanol–water partition coefficient (Wildman–Crippen LogP) is 1.83. The number of nitrogens with zero attached hydrogens (tertiary/aromatic N) is 1. The maximum Gasteiger partial charge on any atom is 0.254 e. The zero-order valence-electron chi connectivity index (χ0n) is 11.2. The van der Waals surface area contributed by atoms with Crippen molar-refractivity contribution in [1.29, 1.82) is 0 Å². The second-order valence-electron chi connectivity index (χ2n) is 4.68. The van der Waals surface area contributed by atoms with Crippen LogP contribution in [-0.4, -0.2) is 23.0 Å². The van der Waals surface area contributed by atoms with Gasteiger partial charge in [-0.2, -0.15) is 0 Å². The van der Waals surface area contributed by atoms with Crippen molar-refractivity contribution in [3.8, 4) is 5.75 Å². The van der Waals surface area contributed by atoms with Gasteiger partial charge in [-0.15, -0.1) is 0 Å². The molecule has 0 aromatic heterocycles. The van der Waals surface area contributed by atoms with E-state index in [1.54, 1.807) is 43.4 Å². The number of hydrogen-bond acceptors (Lipinski definition) is 4. The van der Waals surface area contributed by atoms with E-state index in [0.29, 0.717) is 29.0 Å². The molecule has 0 heterocycles. The van der Waals surface area contributed by atoms with Crippen LogP contribution in [0.15, 0.2) is 42.5 Å². The third kappa shape index (κ3) is 3.00. The SMILES string of the molecule is CN(Cc1ccccc1O)C(=O)c1cc(N)cc(N)c1. The summed E-state index contributed by atoms with van der Waals surface area (Å²) in [4.78, 5) is 13.8. The standard InChI is InChI=1S/C15H17N3O2/c1-18(9-10-4-2-3-5-14(10)19)15(20)11-6-12(16)8-13(17)7-11/h2-8,19H,9,16-17H2,1H3. The summed E-state index contributed by atoms with van der Waals surface area (Å²) in [6.07, 6.45) is 0. The molecule has 0 atom stereocenters. The fourth-order valence-corrected chi connectivity index (χ4v) is 1.99. The molecule has 0 saturated heterocycles. The molecule has 2 aromatic carbocycles. The van der Waals surface area contributed by atoms with Crippen LogP contribution in [0, 0.1) is 0 Å². The first-order valence-corrected chi connectivity index (χ1v) is 6.16. The minimum atomic E-state index is -0.202. The summed E-state index contributed by atoms with van der Waals surface area (Å²) in [6.45, 7) is 0.306. The Balaban J connectivity index is 2.18. The van der Waals surface area contributed by atoms with Crippen LogP contribution in [0.4, 0.5) is 11.4 Å². The number of para-hydroxylation sites is 1. The van der Waals surface area contributed by atoms with Crippen LogP contribution in [0.25, 0.3) is 0 Å². The van der Waals surface area contributed by atoms with Gasteiger partial charge in [-0.05, 0) is 24.3 Å². The number of anilines is 2. The molecule has 0 aliphatic rings. The normalized spacial score (nSPS) is 10.2. The molecule has 0 aliphatic heterocycles. The number of phenols is 1. The number of carbonyl (C=O) groups is 1. The van der Waals surface area contributed by atoms with E-state index in [4.69, 9.17) is 11.5 Å². The van der Waals surface area contributed by atoms with Gasteiger partial charge in [0.25, 0.3) is 5.91 Å². The van der Waals surface area contributed by atoms with Crippen molar-refractivity contribution in [1.82, 2.24) is 4.90 Å². The van der Waals surface area contributed by atoms with Crippen molar-refractivity contribution in [2.24, 2.45) is 0 Å². The van der Waals surface area contributed by atoms with Gasteiger partial charge in [0.15, 0.2) is 0 Å². The number of hydrogen-bond donors (Lipinski definition) is 3. The quantitative estimate of drug-likeness (QED) is 0.742. The third-order valence-corrected chi connectivity index (χ3v) is 2.97. The number of rotatable bonds is 3. The fraction of sp³-hybridized carbons (Fsp3) is 0.133. The molecule has 20 heavy (non-hydrogen) atoms. The van der Waals surface area contributed by atoms with E-state index in [0.717, 1.165) is 0 Å². The first kappa shape index (κ1) is 13.7. The zero-order valence-corrected chi connectivity index (χ0v) is 11.2. The van der Waals surface area contributed by atoms with Gasteiger partial charge in [-0.1, -0.05) is 18.2 Å². The third-order valence-electron chi connectivity index (χ3n) is 2.97. The van der Waals surface area contributed by atoms with E-state index in [9.17, 15) is 9.90 Å². The van der Waals surface area contributed by atoms with Gasteiger partial charge in [0.2, 0.25) is 0 Å². The minimum Gasteiger partial charge on any atom is -0.508 e. The lowest BCUT2D eigenvalue weighted by Gasteiger charge is -2.18. The smallest absolute Gasteiger partial charge is 0.254 e. The first-order chi connectivity index (χ1) is 9.47. The summed E-state index contributed by atoms with van der Waals surface area (Å²) in [7, 11) is 1.66. The van der Waals surface area contributed by atoms with Gasteiger partial charge in [0.05, 0.1) is 0 Å². The van der Waals surface area contributed by atoms with Crippen LogP contribution in [0.1, 0.15) is 15.9 Å². The molecule has 0 radical (unpaired) electrons. The molecule has 0 bridgehead atoms. The average Bonchev–Trinajstić information content (AvgIpc) is 2.39. The molecule has 2 aromatic rings. The van der Waals surface area contributed by atoms with Gasteiger partial charge in [-0.3, -0.25) is 4.79 Å². The molecule has 5 N–H and O–H groups in total. The Morgan fingerprint density at radius 2 is 1.75 bits per heavy atom. The zero-order chi connectivity index (χ0) is 14.7. The predicted molar refractivity (Wildman–Crippen MR) is 79.2 cm³/mol. The summed E-state index contributed by atoms with van der Waals surface area (Å²) < 4.78 is 0. The van der Waals surface area contributed by atoms with E-state index in [1.807, 2.05) is 6.07 Å². The molecule has 2 rings (SSSR count). The number of benzene rings is 2. The van der Waals surface area contributed by atoms with Crippen LogP contribution in [0.5, 0.6) is 5.75 Å². The highest BCUT2D eigenvalue weighted by Gasteiger charge is 2.14. The van der Waals surface area contributed by atoms with E-state index < -0.39 is 0 Å². The monoisotopic (exact) mass is 271 g/mol. The number of phenolic OH excluding ortho intramolecular Hbond substituents is 1. The Labute approximate surface area is 117 Å². The van der Waals surface area contributed by atoms with E-state index in [-0.39, 0.29) is 11.7 Å². The Bertz CT molecular complexity index is 621. The molecule has 104 valence electrons. The summed E-state index contributed by atoms with van der Waals surface area (Å²) in [6, 6.07) is 11.7. The summed E-state index contributed by atoms with van der Waals surface area (Å²) in [5, 5.41) is 9.72. The van der Waals surface area contributed by atoms with Gasteiger partial charge in [0.1, 0.15) is 5.75 Å². The van der Waals surface area contributed by atoms with Crippen LogP contribution >= 0.6 is 0 Å². The van der Waals surface area contributed by atoms with Crippen molar-refractivity contribution in [2.45, 2.75) is 6.54 Å². The average molecular weight is 271 g/mol. The number of nitrogen functional groups attached to an aromatic ring is 2. The largest absolute Gasteiger partial charge is 0.508 e. The molecular formula is C15H17N3O2. The lowest BCUT2D eigenvalue weighted by atomic mass is 10.1. The maximum absolute atomic E-state index is 12.3. The molecule has 5 heteroatoms. The highest BCUT2D eigenvalue weighted by molar-refractivity contribution is 5.96. The van der Waals surface area contributed by atoms with Crippen molar-refractivity contribution in [2.75, 3.05) is 18.5 Å². The highest BCUT2D eigenvalue weighted by atomic mass is 16.3. The fourth-order valence-electron chi connectivity index (χ4n) is 1.99. The highest BCUT2D eigenvalue weighted by Crippen LogP contribution is 2.19. The van der Waals surface area contributed by atoms with Crippen LogP contribution in [-0.2, 0) is 6.54 Å². The topological polar surface area (TPSA) is 92.6 Å². The van der Waals surface area contributed by atoms with Gasteiger partial charge in [0, 0.05) is 36.1 Å². The molecule has 0 aliphatic carbocycles. The molecule has 5 nitrogen and oxygen atoms in total. The summed E-state index contributed by atoms with van der Waals surface area (Å²) in [5.41, 5.74) is 13.4. The molecular weight excluding hydrogens is 254 g/mol. The summed E-state index contributed by atoms with van der Waals surface area (Å²) in [5.74, 6) is -0.0357. The van der Waals surface area contributed by atoms with Crippen LogP contribution < -0.4 is 11.5 Å². The van der Waals surface area contributed by atoms with E-state index in [1.165, 1.54) is 4.90 Å². The number of amides is 1. The number of nitrogens with two attached hydrogens (primary N) is 2.